The van der Waals surface area contributed by atoms with Crippen molar-refractivity contribution in [3.8, 4) is 5.75 Å². The number of carbonyl (C=O) groups excluding carboxylic acids is 1. The molecule has 1 heterocycles. The lowest BCUT2D eigenvalue weighted by molar-refractivity contribution is 0.0514. The summed E-state index contributed by atoms with van der Waals surface area (Å²) in [4.78, 5) is 18.4. The predicted molar refractivity (Wildman–Crippen MR) is 63.6 cm³/mol. The van der Waals surface area contributed by atoms with Crippen molar-refractivity contribution in [1.29, 1.82) is 0 Å². The van der Waals surface area contributed by atoms with Gasteiger partial charge in [0.25, 0.3) is 0 Å². The van der Waals surface area contributed by atoms with Crippen LogP contribution < -0.4 is 4.74 Å². The molecule has 1 aromatic heterocycles. The number of imidazole rings is 1. The summed E-state index contributed by atoms with van der Waals surface area (Å²) >= 11 is 6.08. The molecule has 5 nitrogen and oxygen atoms in total. The van der Waals surface area contributed by atoms with E-state index in [1.54, 1.807) is 19.1 Å². The number of nitrogens with zero attached hydrogens (tertiary/aromatic N) is 1. The minimum atomic E-state index is -0.501. The molecule has 0 bridgehead atoms. The average Bonchev–Trinajstić information content (AvgIpc) is 2.75. The Morgan fingerprint density at radius 1 is 1.53 bits per heavy atom. The van der Waals surface area contributed by atoms with Crippen LogP contribution in [0.1, 0.15) is 17.5 Å². The van der Waals surface area contributed by atoms with Crippen molar-refractivity contribution in [2.24, 2.45) is 0 Å². The maximum atomic E-state index is 11.5. The number of benzene rings is 1. The Labute approximate surface area is 103 Å². The van der Waals surface area contributed by atoms with E-state index in [1.807, 2.05) is 0 Å². The van der Waals surface area contributed by atoms with E-state index in [4.69, 9.17) is 21.1 Å². The van der Waals surface area contributed by atoms with Crippen molar-refractivity contribution in [3.05, 3.63) is 23.0 Å². The third-order valence-corrected chi connectivity index (χ3v) is 2.61. The SMILES string of the molecule is CCOC(=O)c1nc2c(Cl)c(OC)ccc2[nH]1. The molecule has 2 aromatic rings. The van der Waals surface area contributed by atoms with Gasteiger partial charge in [0.1, 0.15) is 16.3 Å². The van der Waals surface area contributed by atoms with Crippen LogP contribution in [-0.4, -0.2) is 29.7 Å². The molecule has 0 saturated carbocycles. The Morgan fingerprint density at radius 2 is 2.29 bits per heavy atom. The summed E-state index contributed by atoms with van der Waals surface area (Å²) in [6.07, 6.45) is 0. The molecule has 0 aliphatic rings. The van der Waals surface area contributed by atoms with Gasteiger partial charge >= 0.3 is 5.97 Å². The molecule has 0 radical (unpaired) electrons. The fourth-order valence-electron chi connectivity index (χ4n) is 1.48. The maximum Gasteiger partial charge on any atom is 0.374 e. The molecule has 0 unspecified atom stereocenters. The van der Waals surface area contributed by atoms with Gasteiger partial charge in [0.15, 0.2) is 0 Å². The summed E-state index contributed by atoms with van der Waals surface area (Å²) in [5.41, 5.74) is 1.16. The van der Waals surface area contributed by atoms with Gasteiger partial charge in [-0.25, -0.2) is 9.78 Å². The lowest BCUT2D eigenvalue weighted by Gasteiger charge is -2.01. The van der Waals surface area contributed by atoms with Gasteiger partial charge < -0.3 is 14.5 Å². The zero-order valence-electron chi connectivity index (χ0n) is 9.41. The van der Waals surface area contributed by atoms with E-state index in [1.165, 1.54) is 7.11 Å². The summed E-state index contributed by atoms with van der Waals surface area (Å²) in [5, 5.41) is 0.372. The highest BCUT2D eigenvalue weighted by Crippen LogP contribution is 2.31. The Kier molecular flexibility index (Phi) is 3.19. The van der Waals surface area contributed by atoms with Crippen molar-refractivity contribution in [3.63, 3.8) is 0 Å². The molecule has 1 aromatic carbocycles. The van der Waals surface area contributed by atoms with Crippen LogP contribution in [0, 0.1) is 0 Å². The quantitative estimate of drug-likeness (QED) is 0.855. The second-order valence-electron chi connectivity index (χ2n) is 3.28. The number of halogens is 1. The molecular weight excluding hydrogens is 244 g/mol. The number of hydrogen-bond donors (Lipinski definition) is 1. The number of rotatable bonds is 3. The van der Waals surface area contributed by atoms with Crippen molar-refractivity contribution in [2.45, 2.75) is 6.92 Å². The van der Waals surface area contributed by atoms with Crippen molar-refractivity contribution in [1.82, 2.24) is 9.97 Å². The van der Waals surface area contributed by atoms with Crippen LogP contribution >= 0.6 is 11.6 Å². The molecule has 0 spiro atoms. The Hall–Kier alpha value is -1.75. The van der Waals surface area contributed by atoms with E-state index < -0.39 is 5.97 Å². The second kappa shape index (κ2) is 4.63. The first-order valence-corrected chi connectivity index (χ1v) is 5.44. The highest BCUT2D eigenvalue weighted by Gasteiger charge is 2.15. The molecule has 0 fully saturated rings. The molecule has 90 valence electrons. The van der Waals surface area contributed by atoms with Crippen LogP contribution in [0.2, 0.25) is 5.02 Å². The number of aromatic amines is 1. The first-order valence-electron chi connectivity index (χ1n) is 5.06. The lowest BCUT2D eigenvalue weighted by atomic mass is 10.3. The van der Waals surface area contributed by atoms with Crippen LogP contribution in [0.4, 0.5) is 0 Å². The minimum Gasteiger partial charge on any atom is -0.495 e. The average molecular weight is 255 g/mol. The molecule has 17 heavy (non-hydrogen) atoms. The summed E-state index contributed by atoms with van der Waals surface area (Å²) < 4.78 is 9.92. The van der Waals surface area contributed by atoms with E-state index in [0.29, 0.717) is 28.4 Å². The number of methoxy groups -OCH3 is 1. The molecule has 0 atom stereocenters. The summed E-state index contributed by atoms with van der Waals surface area (Å²) in [6, 6.07) is 3.45. The molecular formula is C11H11ClN2O3. The van der Waals surface area contributed by atoms with Gasteiger partial charge in [0.05, 0.1) is 19.2 Å². The number of nitrogens with one attached hydrogen (secondary N) is 1. The van der Waals surface area contributed by atoms with Crippen molar-refractivity contribution in [2.75, 3.05) is 13.7 Å². The normalized spacial score (nSPS) is 10.5. The van der Waals surface area contributed by atoms with Gasteiger partial charge in [-0.15, -0.1) is 0 Å². The Balaban J connectivity index is 2.50. The molecule has 0 aliphatic heterocycles. The number of carbonyl (C=O) groups is 1. The van der Waals surface area contributed by atoms with E-state index in [-0.39, 0.29) is 5.82 Å². The van der Waals surface area contributed by atoms with Gasteiger partial charge in [0, 0.05) is 0 Å². The summed E-state index contributed by atoms with van der Waals surface area (Å²) in [5.74, 6) is 0.150. The number of hydrogen-bond acceptors (Lipinski definition) is 4. The van der Waals surface area contributed by atoms with Crippen molar-refractivity contribution >= 4 is 28.6 Å². The standard InChI is InChI=1S/C11H11ClN2O3/c1-3-17-11(15)10-13-6-4-5-7(16-2)8(12)9(6)14-10/h4-5H,3H2,1-2H3,(H,13,14). The van der Waals surface area contributed by atoms with Crippen LogP contribution in [0.5, 0.6) is 5.75 Å². The van der Waals surface area contributed by atoms with Gasteiger partial charge in [-0.1, -0.05) is 11.6 Å². The monoisotopic (exact) mass is 254 g/mol. The zero-order chi connectivity index (χ0) is 12.4. The van der Waals surface area contributed by atoms with Gasteiger partial charge in [-0.2, -0.15) is 0 Å². The van der Waals surface area contributed by atoms with Crippen LogP contribution in [-0.2, 0) is 4.74 Å². The second-order valence-corrected chi connectivity index (χ2v) is 3.66. The zero-order valence-corrected chi connectivity index (χ0v) is 10.2. The highest BCUT2D eigenvalue weighted by atomic mass is 35.5. The minimum absolute atomic E-state index is 0.136. The number of aromatic nitrogens is 2. The topological polar surface area (TPSA) is 64.2 Å². The number of H-pyrrole nitrogens is 1. The molecule has 0 saturated heterocycles. The van der Waals surface area contributed by atoms with E-state index in [2.05, 4.69) is 9.97 Å². The number of esters is 1. The summed E-state index contributed by atoms with van der Waals surface area (Å²) in [7, 11) is 1.52. The van der Waals surface area contributed by atoms with Gasteiger partial charge in [-0.3, -0.25) is 0 Å². The molecule has 1 N–H and O–H groups in total. The smallest absolute Gasteiger partial charge is 0.374 e. The number of fused-ring (bicyclic) bond motifs is 1. The van der Waals surface area contributed by atoms with Crippen LogP contribution in [0.3, 0.4) is 0 Å². The van der Waals surface area contributed by atoms with E-state index >= 15 is 0 Å². The Morgan fingerprint density at radius 3 is 2.94 bits per heavy atom. The molecule has 0 amide bonds. The van der Waals surface area contributed by atoms with Gasteiger partial charge in [-0.05, 0) is 19.1 Å². The molecule has 2 rings (SSSR count). The van der Waals surface area contributed by atoms with Crippen LogP contribution in [0.25, 0.3) is 11.0 Å². The largest absolute Gasteiger partial charge is 0.495 e. The van der Waals surface area contributed by atoms with Crippen molar-refractivity contribution < 1.29 is 14.3 Å². The fraction of sp³-hybridized carbons (Fsp3) is 0.273. The first-order chi connectivity index (χ1) is 8.17. The van der Waals surface area contributed by atoms with E-state index in [9.17, 15) is 4.79 Å². The third-order valence-electron chi connectivity index (χ3n) is 2.25. The summed E-state index contributed by atoms with van der Waals surface area (Å²) in [6.45, 7) is 2.03. The predicted octanol–water partition coefficient (Wildman–Crippen LogP) is 2.40. The fourth-order valence-corrected chi connectivity index (χ4v) is 1.76. The van der Waals surface area contributed by atoms with Gasteiger partial charge in [0.2, 0.25) is 5.82 Å². The molecule has 6 heteroatoms. The maximum absolute atomic E-state index is 11.5. The van der Waals surface area contributed by atoms with E-state index in [0.717, 1.165) is 0 Å². The Bertz CT molecular complexity index is 565. The highest BCUT2D eigenvalue weighted by molar-refractivity contribution is 6.36. The lowest BCUT2D eigenvalue weighted by Crippen LogP contribution is -2.06. The third kappa shape index (κ3) is 2.06. The van der Waals surface area contributed by atoms with Crippen LogP contribution in [0.15, 0.2) is 12.1 Å². The molecule has 0 aliphatic carbocycles. The first kappa shape index (κ1) is 11.7. The number of ether oxygens (including phenoxy) is 2.